The number of carbonyl (C=O) groups excluding carboxylic acids is 1. The lowest BCUT2D eigenvalue weighted by molar-refractivity contribution is -0.148. The Kier molecular flexibility index (Phi) is 6.96. The van der Waals surface area contributed by atoms with Crippen LogP contribution in [0.25, 0.3) is 0 Å². The summed E-state index contributed by atoms with van der Waals surface area (Å²) in [6.07, 6.45) is 5.07. The second kappa shape index (κ2) is 7.99. The molecule has 0 aromatic rings. The highest BCUT2D eigenvalue weighted by atomic mass is 16.5. The minimum Gasteiger partial charge on any atom is -0.468 e. The van der Waals surface area contributed by atoms with Crippen LogP contribution in [0.1, 0.15) is 52.9 Å². The third-order valence-corrected chi connectivity index (χ3v) is 4.46. The van der Waals surface area contributed by atoms with E-state index in [4.69, 9.17) is 4.74 Å². The molecule has 1 rings (SSSR count). The zero-order valence-electron chi connectivity index (χ0n) is 13.9. The maximum absolute atomic E-state index is 12.2. The lowest BCUT2D eigenvalue weighted by Crippen LogP contribution is -2.52. The first-order valence-electron chi connectivity index (χ1n) is 7.99. The molecule has 0 amide bonds. The maximum Gasteiger partial charge on any atom is 0.326 e. The van der Waals surface area contributed by atoms with Gasteiger partial charge in [-0.2, -0.15) is 0 Å². The van der Waals surface area contributed by atoms with Gasteiger partial charge in [0, 0.05) is 6.04 Å². The smallest absolute Gasteiger partial charge is 0.326 e. The average molecular weight is 284 g/mol. The zero-order chi connectivity index (χ0) is 15.2. The van der Waals surface area contributed by atoms with Crippen LogP contribution in [0.3, 0.4) is 0 Å². The van der Waals surface area contributed by atoms with E-state index in [2.05, 4.69) is 38.0 Å². The summed E-state index contributed by atoms with van der Waals surface area (Å²) in [4.78, 5) is 14.6. The van der Waals surface area contributed by atoms with Gasteiger partial charge in [0.1, 0.15) is 5.54 Å². The Morgan fingerprint density at radius 3 is 2.75 bits per heavy atom. The molecule has 2 atom stereocenters. The van der Waals surface area contributed by atoms with Crippen molar-refractivity contribution in [3.8, 4) is 0 Å². The van der Waals surface area contributed by atoms with E-state index in [-0.39, 0.29) is 5.97 Å². The van der Waals surface area contributed by atoms with Crippen molar-refractivity contribution in [3.63, 3.8) is 0 Å². The van der Waals surface area contributed by atoms with E-state index in [1.165, 1.54) is 13.5 Å². The third kappa shape index (κ3) is 4.45. The minimum atomic E-state index is -0.457. The molecule has 2 unspecified atom stereocenters. The quantitative estimate of drug-likeness (QED) is 0.695. The van der Waals surface area contributed by atoms with E-state index >= 15 is 0 Å². The fraction of sp³-hybridized carbons (Fsp3) is 0.938. The first-order valence-corrected chi connectivity index (χ1v) is 7.99. The van der Waals surface area contributed by atoms with Crippen molar-refractivity contribution in [1.82, 2.24) is 10.2 Å². The molecule has 118 valence electrons. The molecular weight excluding hydrogens is 252 g/mol. The van der Waals surface area contributed by atoms with Gasteiger partial charge in [0.05, 0.1) is 7.11 Å². The highest BCUT2D eigenvalue weighted by Gasteiger charge is 2.46. The zero-order valence-corrected chi connectivity index (χ0v) is 13.9. The summed E-state index contributed by atoms with van der Waals surface area (Å²) >= 11 is 0. The molecule has 1 N–H and O–H groups in total. The van der Waals surface area contributed by atoms with Crippen LogP contribution < -0.4 is 5.32 Å². The Balaban J connectivity index is 2.61. The van der Waals surface area contributed by atoms with Gasteiger partial charge in [-0.15, -0.1) is 0 Å². The molecule has 1 aliphatic rings. The van der Waals surface area contributed by atoms with Crippen molar-refractivity contribution < 1.29 is 9.53 Å². The predicted molar refractivity (Wildman–Crippen MR) is 82.8 cm³/mol. The fourth-order valence-corrected chi connectivity index (χ4v) is 3.02. The molecule has 0 heterocycles. The number of nitrogens with one attached hydrogen (secondary N) is 1. The number of ether oxygens (including phenoxy) is 1. The summed E-state index contributed by atoms with van der Waals surface area (Å²) in [6, 6.07) is 0.484. The van der Waals surface area contributed by atoms with Crippen LogP contribution in [0, 0.1) is 5.92 Å². The molecule has 0 spiro atoms. The summed E-state index contributed by atoms with van der Waals surface area (Å²) in [6.45, 7) is 8.61. The number of hydrogen-bond acceptors (Lipinski definition) is 4. The van der Waals surface area contributed by atoms with Crippen LogP contribution in [-0.2, 0) is 9.53 Å². The topological polar surface area (TPSA) is 41.6 Å². The molecule has 1 fully saturated rings. The van der Waals surface area contributed by atoms with Gasteiger partial charge in [0.15, 0.2) is 0 Å². The Hall–Kier alpha value is -0.610. The lowest BCUT2D eigenvalue weighted by Gasteiger charge is -2.30. The number of rotatable bonds is 8. The fourth-order valence-electron chi connectivity index (χ4n) is 3.02. The monoisotopic (exact) mass is 284 g/mol. The molecule has 0 aliphatic heterocycles. The van der Waals surface area contributed by atoms with Gasteiger partial charge in [-0.25, -0.2) is 0 Å². The SMILES string of the molecule is CCCNC1(C(=O)OC)CCC(N(C)CCC(C)C)C1. The van der Waals surface area contributed by atoms with Crippen LogP contribution in [0.15, 0.2) is 0 Å². The van der Waals surface area contributed by atoms with E-state index < -0.39 is 5.54 Å². The van der Waals surface area contributed by atoms with Gasteiger partial charge in [-0.05, 0) is 58.2 Å². The van der Waals surface area contributed by atoms with Crippen molar-refractivity contribution in [1.29, 1.82) is 0 Å². The normalized spacial score (nSPS) is 26.4. The number of methoxy groups -OCH3 is 1. The van der Waals surface area contributed by atoms with E-state index in [1.807, 2.05) is 0 Å². The van der Waals surface area contributed by atoms with Crippen LogP contribution in [-0.4, -0.2) is 49.7 Å². The van der Waals surface area contributed by atoms with Crippen molar-refractivity contribution >= 4 is 5.97 Å². The van der Waals surface area contributed by atoms with Gasteiger partial charge in [-0.1, -0.05) is 20.8 Å². The van der Waals surface area contributed by atoms with Gasteiger partial charge in [0.25, 0.3) is 0 Å². The standard InChI is InChI=1S/C16H32N2O2/c1-6-10-17-16(15(19)20-5)9-7-14(12-16)18(4)11-8-13(2)3/h13-14,17H,6-12H2,1-5H3. The number of hydrogen-bond donors (Lipinski definition) is 1. The average Bonchev–Trinajstić information content (AvgIpc) is 2.87. The molecular formula is C16H32N2O2. The minimum absolute atomic E-state index is 0.0919. The predicted octanol–water partition coefficient (Wildman–Crippen LogP) is 2.43. The third-order valence-electron chi connectivity index (χ3n) is 4.46. The van der Waals surface area contributed by atoms with E-state index in [1.54, 1.807) is 0 Å². The highest BCUT2D eigenvalue weighted by molar-refractivity contribution is 5.81. The Labute approximate surface area is 124 Å². The number of carbonyl (C=O) groups is 1. The van der Waals surface area contributed by atoms with Gasteiger partial charge >= 0.3 is 5.97 Å². The number of esters is 1. The first kappa shape index (κ1) is 17.4. The molecule has 0 saturated heterocycles. The molecule has 1 aliphatic carbocycles. The first-order chi connectivity index (χ1) is 9.45. The van der Waals surface area contributed by atoms with Crippen LogP contribution in [0.2, 0.25) is 0 Å². The van der Waals surface area contributed by atoms with E-state index in [0.29, 0.717) is 6.04 Å². The van der Waals surface area contributed by atoms with Crippen molar-refractivity contribution in [3.05, 3.63) is 0 Å². The molecule has 0 aromatic heterocycles. The maximum atomic E-state index is 12.2. The summed E-state index contributed by atoms with van der Waals surface area (Å²) in [5, 5.41) is 3.44. The highest BCUT2D eigenvalue weighted by Crippen LogP contribution is 2.34. The second-order valence-electron chi connectivity index (χ2n) is 6.56. The molecule has 4 nitrogen and oxygen atoms in total. The Bertz CT molecular complexity index is 307. The summed E-state index contributed by atoms with van der Waals surface area (Å²) in [5.41, 5.74) is -0.457. The van der Waals surface area contributed by atoms with Gasteiger partial charge in [0.2, 0.25) is 0 Å². The van der Waals surface area contributed by atoms with Crippen molar-refractivity contribution in [2.75, 3.05) is 27.2 Å². The summed E-state index contributed by atoms with van der Waals surface area (Å²) in [7, 11) is 3.67. The molecule has 0 bridgehead atoms. The van der Waals surface area contributed by atoms with Gasteiger partial charge in [-0.3, -0.25) is 4.79 Å². The molecule has 20 heavy (non-hydrogen) atoms. The summed E-state index contributed by atoms with van der Waals surface area (Å²) in [5.74, 6) is 0.633. The largest absolute Gasteiger partial charge is 0.468 e. The van der Waals surface area contributed by atoms with Crippen LogP contribution in [0.4, 0.5) is 0 Å². The van der Waals surface area contributed by atoms with Crippen LogP contribution >= 0.6 is 0 Å². The van der Waals surface area contributed by atoms with Crippen molar-refractivity contribution in [2.45, 2.75) is 64.5 Å². The number of nitrogens with zero attached hydrogens (tertiary/aromatic N) is 1. The molecule has 1 saturated carbocycles. The Morgan fingerprint density at radius 2 is 2.20 bits per heavy atom. The van der Waals surface area contributed by atoms with E-state index in [0.717, 1.165) is 44.7 Å². The Morgan fingerprint density at radius 1 is 1.50 bits per heavy atom. The second-order valence-corrected chi connectivity index (χ2v) is 6.56. The van der Waals surface area contributed by atoms with Crippen molar-refractivity contribution in [2.24, 2.45) is 5.92 Å². The summed E-state index contributed by atoms with van der Waals surface area (Å²) < 4.78 is 5.04. The van der Waals surface area contributed by atoms with Crippen LogP contribution in [0.5, 0.6) is 0 Å². The molecule has 4 heteroatoms. The van der Waals surface area contributed by atoms with Gasteiger partial charge < -0.3 is 15.0 Å². The van der Waals surface area contributed by atoms with E-state index in [9.17, 15) is 4.79 Å². The molecule has 0 radical (unpaired) electrons. The lowest BCUT2D eigenvalue weighted by atomic mass is 9.97. The molecule has 0 aromatic carbocycles.